The topological polar surface area (TPSA) is 12.0 Å². The van der Waals surface area contributed by atoms with E-state index in [-0.39, 0.29) is 0 Å². The molecule has 0 spiro atoms. The highest BCUT2D eigenvalue weighted by atomic mass is 79.9. The average Bonchev–Trinajstić information content (AvgIpc) is 2.59. The van der Waals surface area contributed by atoms with Crippen LogP contribution in [0.15, 0.2) is 15.9 Å². The third kappa shape index (κ3) is 3.45. The minimum atomic E-state index is 0.439. The van der Waals surface area contributed by atoms with Crippen molar-refractivity contribution in [2.45, 2.75) is 32.4 Å². The smallest absolute Gasteiger partial charge is 0.0327 e. The lowest BCUT2D eigenvalue weighted by Crippen LogP contribution is -2.27. The predicted molar refractivity (Wildman–Crippen MR) is 66.4 cm³/mol. The van der Waals surface area contributed by atoms with Crippen LogP contribution >= 0.6 is 27.3 Å². The third-order valence-corrected chi connectivity index (χ3v) is 4.03. The number of halogens is 1. The molecule has 0 amide bonds. The Bertz CT molecular complexity index is 313. The van der Waals surface area contributed by atoms with Gasteiger partial charge in [0.05, 0.1) is 0 Å². The second-order valence-corrected chi connectivity index (χ2v) is 4.94. The highest BCUT2D eigenvalue weighted by Gasteiger charge is 2.05. The van der Waals surface area contributed by atoms with Crippen molar-refractivity contribution in [1.29, 1.82) is 0 Å². The van der Waals surface area contributed by atoms with Gasteiger partial charge in [0.15, 0.2) is 0 Å². The van der Waals surface area contributed by atoms with Gasteiger partial charge in [0.25, 0.3) is 0 Å². The first-order chi connectivity index (χ1) is 6.77. The Hall–Kier alpha value is -0.300. The molecule has 1 aromatic heterocycles. The largest absolute Gasteiger partial charge is 0.308 e. The van der Waals surface area contributed by atoms with E-state index in [2.05, 4.69) is 45.5 Å². The van der Waals surface area contributed by atoms with Gasteiger partial charge in [-0.1, -0.05) is 6.92 Å². The molecule has 0 fully saturated rings. The van der Waals surface area contributed by atoms with E-state index < -0.39 is 0 Å². The molecule has 0 saturated heterocycles. The van der Waals surface area contributed by atoms with E-state index in [9.17, 15) is 0 Å². The molecule has 1 unspecified atom stereocenters. The molecule has 1 aromatic rings. The fraction of sp³-hybridized carbons (Fsp3) is 0.455. The summed E-state index contributed by atoms with van der Waals surface area (Å²) >= 11 is 5.27. The van der Waals surface area contributed by atoms with Gasteiger partial charge >= 0.3 is 0 Å². The summed E-state index contributed by atoms with van der Waals surface area (Å²) in [4.78, 5) is 1.33. The van der Waals surface area contributed by atoms with Crippen molar-refractivity contribution in [3.8, 4) is 12.3 Å². The summed E-state index contributed by atoms with van der Waals surface area (Å²) in [5, 5.41) is 5.54. The Balaban J connectivity index is 2.40. The van der Waals surface area contributed by atoms with Crippen LogP contribution in [-0.4, -0.2) is 6.04 Å². The van der Waals surface area contributed by atoms with Gasteiger partial charge in [-0.25, -0.2) is 0 Å². The molecule has 1 heterocycles. The molecular formula is C11H14BrNS. The molecule has 14 heavy (non-hydrogen) atoms. The maximum Gasteiger partial charge on any atom is 0.0327 e. The van der Waals surface area contributed by atoms with Crippen LogP contribution in [0.1, 0.15) is 24.6 Å². The van der Waals surface area contributed by atoms with E-state index in [1.54, 1.807) is 11.3 Å². The van der Waals surface area contributed by atoms with Gasteiger partial charge in [-0.05, 0) is 33.8 Å². The van der Waals surface area contributed by atoms with Crippen LogP contribution in [0, 0.1) is 12.3 Å². The third-order valence-electron chi connectivity index (χ3n) is 2.10. The molecular weight excluding hydrogens is 258 g/mol. The van der Waals surface area contributed by atoms with Gasteiger partial charge in [0.1, 0.15) is 0 Å². The summed E-state index contributed by atoms with van der Waals surface area (Å²) in [5.74, 6) is 2.69. The SMILES string of the molecule is C#CCC(CC)NCc1sccc1Br. The molecule has 1 N–H and O–H groups in total. The minimum Gasteiger partial charge on any atom is -0.308 e. The van der Waals surface area contributed by atoms with Crippen LogP contribution in [0.25, 0.3) is 0 Å². The summed E-state index contributed by atoms with van der Waals surface area (Å²) in [6, 6.07) is 2.51. The normalized spacial score (nSPS) is 12.4. The maximum atomic E-state index is 5.29. The summed E-state index contributed by atoms with van der Waals surface area (Å²) < 4.78 is 1.19. The molecule has 76 valence electrons. The van der Waals surface area contributed by atoms with E-state index >= 15 is 0 Å². The van der Waals surface area contributed by atoms with Gasteiger partial charge < -0.3 is 5.32 Å². The molecule has 0 aliphatic rings. The van der Waals surface area contributed by atoms with Gasteiger partial charge in [0, 0.05) is 28.4 Å². The van der Waals surface area contributed by atoms with E-state index in [4.69, 9.17) is 6.42 Å². The van der Waals surface area contributed by atoms with Crippen LogP contribution in [0.3, 0.4) is 0 Å². The van der Waals surface area contributed by atoms with Crippen molar-refractivity contribution in [3.05, 3.63) is 20.8 Å². The second-order valence-electron chi connectivity index (χ2n) is 3.09. The number of nitrogens with one attached hydrogen (secondary N) is 1. The lowest BCUT2D eigenvalue weighted by atomic mass is 10.1. The van der Waals surface area contributed by atoms with Crippen molar-refractivity contribution in [2.75, 3.05) is 0 Å². The van der Waals surface area contributed by atoms with Crippen LogP contribution < -0.4 is 5.32 Å². The molecule has 0 bridgehead atoms. The van der Waals surface area contributed by atoms with Crippen LogP contribution in [-0.2, 0) is 6.54 Å². The fourth-order valence-electron chi connectivity index (χ4n) is 1.19. The Morgan fingerprint density at radius 3 is 3.00 bits per heavy atom. The highest BCUT2D eigenvalue weighted by Crippen LogP contribution is 2.22. The Labute approximate surface area is 98.0 Å². The summed E-state index contributed by atoms with van der Waals surface area (Å²) in [6.07, 6.45) is 7.17. The number of hydrogen-bond donors (Lipinski definition) is 1. The van der Waals surface area contributed by atoms with Crippen molar-refractivity contribution >= 4 is 27.3 Å². The van der Waals surface area contributed by atoms with Gasteiger partial charge in [-0.15, -0.1) is 23.7 Å². The van der Waals surface area contributed by atoms with Crippen molar-refractivity contribution in [3.63, 3.8) is 0 Å². The lowest BCUT2D eigenvalue weighted by molar-refractivity contribution is 0.509. The first-order valence-corrected chi connectivity index (χ1v) is 6.34. The summed E-state index contributed by atoms with van der Waals surface area (Å²) in [7, 11) is 0. The number of terminal acetylenes is 1. The fourth-order valence-corrected chi connectivity index (χ4v) is 2.63. The maximum absolute atomic E-state index is 5.29. The first-order valence-electron chi connectivity index (χ1n) is 4.66. The molecule has 1 rings (SSSR count). The van der Waals surface area contributed by atoms with Crippen molar-refractivity contribution in [1.82, 2.24) is 5.32 Å². The Morgan fingerprint density at radius 2 is 2.50 bits per heavy atom. The summed E-state index contributed by atoms with van der Waals surface area (Å²) in [6.45, 7) is 3.05. The van der Waals surface area contributed by atoms with Crippen molar-refractivity contribution < 1.29 is 0 Å². The van der Waals surface area contributed by atoms with E-state index in [0.29, 0.717) is 6.04 Å². The molecule has 0 saturated carbocycles. The lowest BCUT2D eigenvalue weighted by Gasteiger charge is -2.13. The number of thiophene rings is 1. The quantitative estimate of drug-likeness (QED) is 0.810. The van der Waals surface area contributed by atoms with E-state index in [1.807, 2.05) is 0 Å². The van der Waals surface area contributed by atoms with Crippen LogP contribution in [0.4, 0.5) is 0 Å². The van der Waals surface area contributed by atoms with Crippen LogP contribution in [0.5, 0.6) is 0 Å². The monoisotopic (exact) mass is 271 g/mol. The highest BCUT2D eigenvalue weighted by molar-refractivity contribution is 9.10. The van der Waals surface area contributed by atoms with Gasteiger partial charge in [-0.3, -0.25) is 0 Å². The van der Waals surface area contributed by atoms with Crippen LogP contribution in [0.2, 0.25) is 0 Å². The zero-order valence-corrected chi connectivity index (χ0v) is 10.6. The molecule has 0 aliphatic heterocycles. The van der Waals surface area contributed by atoms with E-state index in [1.165, 1.54) is 9.35 Å². The molecule has 1 nitrogen and oxygen atoms in total. The number of rotatable bonds is 5. The molecule has 1 atom stereocenters. The first kappa shape index (κ1) is 11.8. The molecule has 0 aliphatic carbocycles. The predicted octanol–water partition coefficient (Wildman–Crippen LogP) is 3.40. The zero-order chi connectivity index (χ0) is 10.4. The average molecular weight is 272 g/mol. The molecule has 0 radical (unpaired) electrons. The Kier molecular flexibility index (Phi) is 5.24. The van der Waals surface area contributed by atoms with Crippen molar-refractivity contribution in [2.24, 2.45) is 0 Å². The standard InChI is InChI=1S/C11H14BrNS/c1-3-5-9(4-2)13-8-11-10(12)6-7-14-11/h1,6-7,9,13H,4-5,8H2,2H3. The zero-order valence-electron chi connectivity index (χ0n) is 8.22. The Morgan fingerprint density at radius 1 is 1.71 bits per heavy atom. The second kappa shape index (κ2) is 6.23. The van der Waals surface area contributed by atoms with Gasteiger partial charge in [-0.2, -0.15) is 0 Å². The molecule has 3 heteroatoms. The summed E-state index contributed by atoms with van der Waals surface area (Å²) in [5.41, 5.74) is 0. The molecule has 0 aromatic carbocycles. The minimum absolute atomic E-state index is 0.439. The van der Waals surface area contributed by atoms with E-state index in [0.717, 1.165) is 19.4 Å². The van der Waals surface area contributed by atoms with Gasteiger partial charge in [0.2, 0.25) is 0 Å². The number of hydrogen-bond acceptors (Lipinski definition) is 2.